The normalized spacial score (nSPS) is 51.9. The smallest absolute Gasteiger partial charge is 0.0356 e. The number of allylic oxidation sites excluding steroid dienone is 1. The molecule has 1 atom stereocenters. The molecule has 0 aromatic rings. The molecule has 1 heteroatoms. The van der Waals surface area contributed by atoms with E-state index < -0.39 is 0 Å². The van der Waals surface area contributed by atoms with Crippen molar-refractivity contribution >= 4 is 15.9 Å². The van der Waals surface area contributed by atoms with Crippen molar-refractivity contribution in [3.63, 3.8) is 0 Å². The lowest BCUT2D eigenvalue weighted by molar-refractivity contribution is -0.0320. The molecule has 0 saturated heterocycles. The van der Waals surface area contributed by atoms with Crippen molar-refractivity contribution in [2.45, 2.75) is 36.9 Å². The van der Waals surface area contributed by atoms with Crippen LogP contribution in [0.2, 0.25) is 0 Å². The molecule has 4 fully saturated rings. The van der Waals surface area contributed by atoms with E-state index in [0.29, 0.717) is 4.83 Å². The van der Waals surface area contributed by atoms with Crippen LogP contribution in [-0.2, 0) is 0 Å². The van der Waals surface area contributed by atoms with E-state index >= 15 is 0 Å². The van der Waals surface area contributed by atoms with Crippen molar-refractivity contribution in [1.82, 2.24) is 0 Å². The maximum atomic E-state index is 3.95. The zero-order chi connectivity index (χ0) is 9.71. The predicted molar refractivity (Wildman–Crippen MR) is 63.4 cm³/mol. The summed E-state index contributed by atoms with van der Waals surface area (Å²) in [5.41, 5.74) is 0. The first-order valence-electron chi connectivity index (χ1n) is 6.04. The van der Waals surface area contributed by atoms with Gasteiger partial charge in [-0.15, -0.1) is 6.58 Å². The van der Waals surface area contributed by atoms with Crippen LogP contribution < -0.4 is 0 Å². The van der Waals surface area contributed by atoms with Crippen LogP contribution in [0.1, 0.15) is 32.1 Å². The van der Waals surface area contributed by atoms with E-state index in [0.717, 1.165) is 29.6 Å². The zero-order valence-electron chi connectivity index (χ0n) is 8.66. The third-order valence-corrected chi connectivity index (χ3v) is 5.88. The van der Waals surface area contributed by atoms with Crippen molar-refractivity contribution in [1.29, 1.82) is 0 Å². The van der Waals surface area contributed by atoms with Gasteiger partial charge >= 0.3 is 0 Å². The van der Waals surface area contributed by atoms with E-state index in [4.69, 9.17) is 0 Å². The molecule has 0 aromatic heterocycles. The van der Waals surface area contributed by atoms with Crippen molar-refractivity contribution in [3.8, 4) is 0 Å². The molecule has 0 radical (unpaired) electrons. The summed E-state index contributed by atoms with van der Waals surface area (Å²) in [6.45, 7) is 3.95. The Morgan fingerprint density at radius 3 is 1.93 bits per heavy atom. The molecule has 0 nitrogen and oxygen atoms in total. The highest BCUT2D eigenvalue weighted by atomic mass is 79.9. The fourth-order valence-corrected chi connectivity index (χ4v) is 5.51. The Morgan fingerprint density at radius 2 is 1.50 bits per heavy atom. The average Bonchev–Trinajstić information content (AvgIpc) is 2.15. The second kappa shape index (κ2) is 3.37. The summed E-state index contributed by atoms with van der Waals surface area (Å²) in [4.78, 5) is 0.581. The Kier molecular flexibility index (Phi) is 2.27. The van der Waals surface area contributed by atoms with E-state index in [1.807, 2.05) is 0 Å². The highest BCUT2D eigenvalue weighted by molar-refractivity contribution is 9.09. The summed E-state index contributed by atoms with van der Waals surface area (Å²) in [7, 11) is 0. The minimum absolute atomic E-state index is 0.581. The summed E-state index contributed by atoms with van der Waals surface area (Å²) >= 11 is 3.81. The second-order valence-corrected chi connectivity index (χ2v) is 6.75. The van der Waals surface area contributed by atoms with Crippen molar-refractivity contribution in [2.75, 3.05) is 0 Å². The molecule has 78 valence electrons. The third kappa shape index (κ3) is 1.31. The van der Waals surface area contributed by atoms with E-state index in [2.05, 4.69) is 28.6 Å². The first-order chi connectivity index (χ1) is 6.78. The van der Waals surface area contributed by atoms with Crippen LogP contribution in [0.25, 0.3) is 0 Å². The van der Waals surface area contributed by atoms with Crippen LogP contribution >= 0.6 is 15.9 Å². The fraction of sp³-hybridized carbons (Fsp3) is 0.846. The topological polar surface area (TPSA) is 0 Å². The maximum absolute atomic E-state index is 3.95. The van der Waals surface area contributed by atoms with Gasteiger partial charge in [0, 0.05) is 4.83 Å². The van der Waals surface area contributed by atoms with Gasteiger partial charge in [0.05, 0.1) is 0 Å². The zero-order valence-corrected chi connectivity index (χ0v) is 10.2. The molecule has 4 bridgehead atoms. The Morgan fingerprint density at radius 1 is 1.00 bits per heavy atom. The molecule has 4 aliphatic rings. The molecule has 4 aliphatic carbocycles. The van der Waals surface area contributed by atoms with Crippen LogP contribution in [0.4, 0.5) is 0 Å². The average molecular weight is 255 g/mol. The highest BCUT2D eigenvalue weighted by Gasteiger charge is 2.49. The van der Waals surface area contributed by atoms with E-state index in [1.165, 1.54) is 25.7 Å². The van der Waals surface area contributed by atoms with Gasteiger partial charge in [0.25, 0.3) is 0 Å². The molecular formula is C13H19Br. The van der Waals surface area contributed by atoms with Crippen molar-refractivity contribution in [3.05, 3.63) is 12.7 Å². The SMILES string of the molecule is C=CC(Br)C1C2CC3CC(C2)CC1C3. The van der Waals surface area contributed by atoms with E-state index in [1.54, 1.807) is 6.42 Å². The van der Waals surface area contributed by atoms with E-state index in [-0.39, 0.29) is 0 Å². The first-order valence-corrected chi connectivity index (χ1v) is 6.96. The number of halogens is 1. The minimum atomic E-state index is 0.581. The largest absolute Gasteiger partial charge is 0.102 e. The maximum Gasteiger partial charge on any atom is 0.0356 e. The molecule has 14 heavy (non-hydrogen) atoms. The Balaban J connectivity index is 1.84. The highest BCUT2D eigenvalue weighted by Crippen LogP contribution is 2.58. The number of alkyl halides is 1. The van der Waals surface area contributed by atoms with Crippen LogP contribution in [0.3, 0.4) is 0 Å². The molecule has 0 aliphatic heterocycles. The van der Waals surface area contributed by atoms with E-state index in [9.17, 15) is 0 Å². The lowest BCUT2D eigenvalue weighted by Gasteiger charge is -2.55. The molecule has 4 rings (SSSR count). The van der Waals surface area contributed by atoms with Crippen LogP contribution in [0.15, 0.2) is 12.7 Å². The molecule has 0 spiro atoms. The monoisotopic (exact) mass is 254 g/mol. The Hall–Kier alpha value is 0.220. The standard InChI is InChI=1S/C13H19Br/c1-2-12(14)13-10-4-8-3-9(6-10)7-11(13)5-8/h2,8-13H,1,3-7H2. The summed E-state index contributed by atoms with van der Waals surface area (Å²) in [6.07, 6.45) is 9.76. The summed E-state index contributed by atoms with van der Waals surface area (Å²) < 4.78 is 0. The second-order valence-electron chi connectivity index (χ2n) is 5.69. The van der Waals surface area contributed by atoms with Gasteiger partial charge in [-0.1, -0.05) is 22.0 Å². The summed E-state index contributed by atoms with van der Waals surface area (Å²) in [6, 6.07) is 0. The van der Waals surface area contributed by atoms with Gasteiger partial charge < -0.3 is 0 Å². The molecule has 0 amide bonds. The molecule has 4 saturated carbocycles. The molecule has 0 N–H and O–H groups in total. The molecule has 0 heterocycles. The van der Waals surface area contributed by atoms with Gasteiger partial charge in [-0.3, -0.25) is 0 Å². The quantitative estimate of drug-likeness (QED) is 0.516. The third-order valence-electron chi connectivity index (χ3n) is 4.89. The van der Waals surface area contributed by atoms with Gasteiger partial charge in [0.2, 0.25) is 0 Å². The van der Waals surface area contributed by atoms with Crippen LogP contribution in [-0.4, -0.2) is 4.83 Å². The number of rotatable bonds is 2. The Bertz CT molecular complexity index is 218. The Labute approximate surface area is 95.3 Å². The predicted octanol–water partition coefficient (Wildman–Crippen LogP) is 4.01. The fourth-order valence-electron chi connectivity index (χ4n) is 4.64. The summed E-state index contributed by atoms with van der Waals surface area (Å²) in [5, 5.41) is 0. The molecule has 1 unspecified atom stereocenters. The first kappa shape index (κ1) is 9.45. The van der Waals surface area contributed by atoms with Gasteiger partial charge in [-0.05, 0) is 61.7 Å². The summed E-state index contributed by atoms with van der Waals surface area (Å²) in [5.74, 6) is 5.15. The number of hydrogen-bond donors (Lipinski definition) is 0. The lowest BCUT2D eigenvalue weighted by atomic mass is 9.51. The van der Waals surface area contributed by atoms with Gasteiger partial charge in [0.1, 0.15) is 0 Å². The minimum Gasteiger partial charge on any atom is -0.102 e. The van der Waals surface area contributed by atoms with Crippen molar-refractivity contribution in [2.24, 2.45) is 29.6 Å². The molecular weight excluding hydrogens is 236 g/mol. The van der Waals surface area contributed by atoms with Crippen LogP contribution in [0, 0.1) is 29.6 Å². The number of hydrogen-bond acceptors (Lipinski definition) is 0. The van der Waals surface area contributed by atoms with Crippen LogP contribution in [0.5, 0.6) is 0 Å². The van der Waals surface area contributed by atoms with Gasteiger partial charge in [-0.2, -0.15) is 0 Å². The lowest BCUT2D eigenvalue weighted by Crippen LogP contribution is -2.47. The van der Waals surface area contributed by atoms with Gasteiger partial charge in [0.15, 0.2) is 0 Å². The molecule has 0 aromatic carbocycles. The van der Waals surface area contributed by atoms with Crippen molar-refractivity contribution < 1.29 is 0 Å². The van der Waals surface area contributed by atoms with Gasteiger partial charge in [-0.25, -0.2) is 0 Å².